The Kier molecular flexibility index (Phi) is 11.4. The van der Waals surface area contributed by atoms with E-state index in [1.54, 1.807) is 36.0 Å². The van der Waals surface area contributed by atoms with Crippen molar-refractivity contribution < 1.29 is 9.59 Å². The molecule has 0 radical (unpaired) electrons. The quantitative estimate of drug-likeness (QED) is 0.311. The van der Waals surface area contributed by atoms with Gasteiger partial charge in [-0.2, -0.15) is 0 Å². The van der Waals surface area contributed by atoms with Crippen molar-refractivity contribution in [3.05, 3.63) is 46.4 Å². The van der Waals surface area contributed by atoms with E-state index in [2.05, 4.69) is 10.6 Å². The molecule has 2 aromatic carbocycles. The van der Waals surface area contributed by atoms with Crippen LogP contribution in [0.3, 0.4) is 0 Å². The van der Waals surface area contributed by atoms with Gasteiger partial charge in [0.1, 0.15) is 0 Å². The Morgan fingerprint density at radius 3 is 1.59 bits per heavy atom. The molecule has 158 valence electrons. The molecule has 4 nitrogen and oxygen atoms in total. The van der Waals surface area contributed by atoms with Crippen LogP contribution >= 0.6 is 81.5 Å². The summed E-state index contributed by atoms with van der Waals surface area (Å²) < 4.78 is -1.43. The number of halogens is 5. The van der Waals surface area contributed by atoms with E-state index in [0.717, 1.165) is 16.7 Å². The van der Waals surface area contributed by atoms with Crippen molar-refractivity contribution >= 4 is 105 Å². The van der Waals surface area contributed by atoms with Crippen molar-refractivity contribution in [2.75, 3.05) is 16.9 Å². The van der Waals surface area contributed by atoms with Crippen molar-refractivity contribution in [3.63, 3.8) is 0 Å². The van der Waals surface area contributed by atoms with Crippen molar-refractivity contribution in [3.8, 4) is 0 Å². The first-order valence-electron chi connectivity index (χ1n) is 7.85. The molecule has 2 amide bonds. The van der Waals surface area contributed by atoms with Gasteiger partial charge in [-0.3, -0.25) is 9.59 Å². The second-order valence-electron chi connectivity index (χ2n) is 5.40. The fourth-order valence-corrected chi connectivity index (χ4v) is 4.30. The van der Waals surface area contributed by atoms with E-state index in [-0.39, 0.29) is 11.8 Å². The van der Waals surface area contributed by atoms with E-state index in [1.807, 2.05) is 18.4 Å². The number of anilines is 2. The van der Waals surface area contributed by atoms with E-state index >= 15 is 0 Å². The highest BCUT2D eigenvalue weighted by Gasteiger charge is 2.21. The summed E-state index contributed by atoms with van der Waals surface area (Å²) in [4.78, 5) is 23.4. The number of benzene rings is 2. The third-order valence-electron chi connectivity index (χ3n) is 2.97. The SMILES string of the molecule is CC(=O)Nc1ccc(SC(Cl)(Cl)Cl)cc1Cl.CSc1ccc(NC(C)=O)c(Cl)c1. The highest BCUT2D eigenvalue weighted by atomic mass is 35.6. The fourth-order valence-electron chi connectivity index (χ4n) is 1.90. The Morgan fingerprint density at radius 1 is 0.828 bits per heavy atom. The topological polar surface area (TPSA) is 58.2 Å². The van der Waals surface area contributed by atoms with E-state index < -0.39 is 3.12 Å². The first-order valence-corrected chi connectivity index (χ1v) is 11.8. The lowest BCUT2D eigenvalue weighted by Gasteiger charge is -2.11. The van der Waals surface area contributed by atoms with Crippen LogP contribution in [0.1, 0.15) is 13.8 Å². The molecule has 0 unspecified atom stereocenters. The van der Waals surface area contributed by atoms with Crippen molar-refractivity contribution in [2.45, 2.75) is 26.8 Å². The van der Waals surface area contributed by atoms with Gasteiger partial charge in [0, 0.05) is 23.6 Å². The van der Waals surface area contributed by atoms with E-state index in [4.69, 9.17) is 58.0 Å². The molecular weight excluding hydrogens is 518 g/mol. The molecule has 0 heterocycles. The number of nitrogens with one attached hydrogen (secondary N) is 2. The fraction of sp³-hybridized carbons (Fsp3) is 0.222. The molecule has 2 rings (SSSR count). The van der Waals surface area contributed by atoms with Crippen LogP contribution in [0.25, 0.3) is 0 Å². The average molecular weight is 535 g/mol. The van der Waals surface area contributed by atoms with Crippen LogP contribution in [-0.2, 0) is 9.59 Å². The molecule has 0 aliphatic rings. The first kappa shape index (κ1) is 26.6. The number of amides is 2. The molecule has 11 heteroatoms. The van der Waals surface area contributed by atoms with Gasteiger partial charge < -0.3 is 10.6 Å². The minimum Gasteiger partial charge on any atom is -0.325 e. The number of rotatable bonds is 4. The number of carbonyl (C=O) groups excluding carboxylic acids is 2. The molecule has 0 fully saturated rings. The van der Waals surface area contributed by atoms with E-state index in [0.29, 0.717) is 26.3 Å². The van der Waals surface area contributed by atoms with Gasteiger partial charge in [0.15, 0.2) is 0 Å². The van der Waals surface area contributed by atoms with Crippen LogP contribution in [0.5, 0.6) is 0 Å². The van der Waals surface area contributed by atoms with Gasteiger partial charge in [-0.1, -0.05) is 69.8 Å². The lowest BCUT2D eigenvalue weighted by Crippen LogP contribution is -2.06. The van der Waals surface area contributed by atoms with Crippen LogP contribution in [0.4, 0.5) is 11.4 Å². The van der Waals surface area contributed by atoms with Crippen LogP contribution in [0.15, 0.2) is 46.2 Å². The predicted molar refractivity (Wildman–Crippen MR) is 129 cm³/mol. The molecule has 2 aromatic rings. The van der Waals surface area contributed by atoms with Gasteiger partial charge in [0.25, 0.3) is 0 Å². The lowest BCUT2D eigenvalue weighted by atomic mass is 10.3. The van der Waals surface area contributed by atoms with Crippen LogP contribution in [-0.4, -0.2) is 21.2 Å². The maximum absolute atomic E-state index is 10.8. The monoisotopic (exact) mass is 532 g/mol. The van der Waals surface area contributed by atoms with Gasteiger partial charge in [-0.15, -0.1) is 11.8 Å². The summed E-state index contributed by atoms with van der Waals surface area (Å²) in [5.74, 6) is -0.303. The molecular formula is C18H17Cl5N2O2S2. The van der Waals surface area contributed by atoms with Gasteiger partial charge in [0.2, 0.25) is 14.9 Å². The zero-order valence-corrected chi connectivity index (χ0v) is 20.9. The molecule has 0 aliphatic heterocycles. The molecule has 0 saturated heterocycles. The number of thioether (sulfide) groups is 2. The molecule has 0 saturated carbocycles. The summed E-state index contributed by atoms with van der Waals surface area (Å²) in [6, 6.07) is 10.5. The molecule has 0 spiro atoms. The summed E-state index contributed by atoms with van der Waals surface area (Å²) in [6.07, 6.45) is 1.98. The molecule has 0 bridgehead atoms. The molecule has 0 atom stereocenters. The van der Waals surface area contributed by atoms with Crippen LogP contribution in [0, 0.1) is 0 Å². The summed E-state index contributed by atoms with van der Waals surface area (Å²) >= 11 is 31.4. The Bertz CT molecular complexity index is 876. The molecule has 0 aromatic heterocycles. The minimum absolute atomic E-state index is 0.112. The first-order chi connectivity index (χ1) is 13.4. The Morgan fingerprint density at radius 2 is 1.24 bits per heavy atom. The standard InChI is InChI=1S/C9H7Cl4NOS.C9H10ClNOS/c1-5(15)14-8-3-2-6(4-7(8)10)16-9(11,12)13;1-6(12)11-9-4-3-7(13-2)5-8(9)10/h2-4H,1H3,(H,14,15);3-5H,1-2H3,(H,11,12). The Hall–Kier alpha value is -0.470. The predicted octanol–water partition coefficient (Wildman–Crippen LogP) is 7.74. The normalized spacial score (nSPS) is 10.6. The third-order valence-corrected chi connectivity index (χ3v) is 5.74. The average Bonchev–Trinajstić information content (AvgIpc) is 2.57. The summed E-state index contributed by atoms with van der Waals surface area (Å²) in [5, 5.41) is 6.20. The highest BCUT2D eigenvalue weighted by molar-refractivity contribution is 8.04. The van der Waals surface area contributed by atoms with E-state index in [1.165, 1.54) is 13.8 Å². The number of alkyl halides is 3. The lowest BCUT2D eigenvalue weighted by molar-refractivity contribution is -0.115. The van der Waals surface area contributed by atoms with Crippen LogP contribution < -0.4 is 10.6 Å². The zero-order valence-electron chi connectivity index (χ0n) is 15.5. The van der Waals surface area contributed by atoms with Crippen molar-refractivity contribution in [1.29, 1.82) is 0 Å². The largest absolute Gasteiger partial charge is 0.325 e. The third kappa shape index (κ3) is 10.9. The summed E-state index contributed by atoms with van der Waals surface area (Å²) in [7, 11) is 0. The highest BCUT2D eigenvalue weighted by Crippen LogP contribution is 2.44. The Balaban J connectivity index is 0.000000296. The van der Waals surface area contributed by atoms with Crippen molar-refractivity contribution in [1.82, 2.24) is 0 Å². The summed E-state index contributed by atoms with van der Waals surface area (Å²) in [5.41, 5.74) is 1.19. The second-order valence-corrected chi connectivity index (χ2v) is 11.3. The second kappa shape index (κ2) is 12.4. The smallest absolute Gasteiger partial charge is 0.241 e. The Labute approximate surface area is 203 Å². The molecule has 29 heavy (non-hydrogen) atoms. The van der Waals surface area contributed by atoms with Gasteiger partial charge in [-0.25, -0.2) is 0 Å². The number of hydrogen-bond donors (Lipinski definition) is 2. The van der Waals surface area contributed by atoms with E-state index in [9.17, 15) is 9.59 Å². The van der Waals surface area contributed by atoms with Crippen LogP contribution in [0.2, 0.25) is 10.0 Å². The van der Waals surface area contributed by atoms with Crippen molar-refractivity contribution in [2.24, 2.45) is 0 Å². The zero-order chi connectivity index (χ0) is 22.2. The van der Waals surface area contributed by atoms with Gasteiger partial charge in [0.05, 0.1) is 21.4 Å². The maximum Gasteiger partial charge on any atom is 0.241 e. The molecule has 0 aliphatic carbocycles. The van der Waals surface area contributed by atoms with Gasteiger partial charge >= 0.3 is 0 Å². The minimum atomic E-state index is -1.43. The van der Waals surface area contributed by atoms with Gasteiger partial charge in [-0.05, 0) is 42.7 Å². The number of hydrogen-bond acceptors (Lipinski definition) is 4. The maximum atomic E-state index is 10.8. The number of carbonyl (C=O) groups is 2. The molecule has 2 N–H and O–H groups in total. The summed E-state index contributed by atoms with van der Waals surface area (Å²) in [6.45, 7) is 2.86.